The van der Waals surface area contributed by atoms with Gasteiger partial charge in [0.25, 0.3) is 0 Å². The summed E-state index contributed by atoms with van der Waals surface area (Å²) in [6.07, 6.45) is 4.46. The Bertz CT molecular complexity index is 805. The third-order valence-corrected chi connectivity index (χ3v) is 4.33. The Hall–Kier alpha value is -2.05. The van der Waals surface area contributed by atoms with Gasteiger partial charge in [0.2, 0.25) is 0 Å². The van der Waals surface area contributed by atoms with E-state index in [2.05, 4.69) is 16.0 Å². The van der Waals surface area contributed by atoms with Crippen molar-refractivity contribution in [3.05, 3.63) is 72.6 Å². The van der Waals surface area contributed by atoms with Crippen molar-refractivity contribution in [2.75, 3.05) is 0 Å². The molecule has 2 unspecified atom stereocenters. The first kappa shape index (κ1) is 26.0. The SMILES string of the molecule is CCC(O)CC(O)CC.Fc1c[c-]c(-c2nccnc2-c2ccc(F)cc2)cc1.[Ir]. The van der Waals surface area contributed by atoms with E-state index in [1.807, 2.05) is 13.8 Å². The molecule has 2 N–H and O–H groups in total. The predicted molar refractivity (Wildman–Crippen MR) is 109 cm³/mol. The zero-order chi connectivity index (χ0) is 21.2. The molecule has 0 bridgehead atoms. The molecule has 7 heteroatoms. The number of aliphatic hydroxyl groups excluding tert-OH is 2. The molecule has 3 rings (SSSR count). The molecule has 0 aliphatic rings. The summed E-state index contributed by atoms with van der Waals surface area (Å²) in [6, 6.07) is 13.0. The Labute approximate surface area is 189 Å². The molecular weight excluding hydrogens is 566 g/mol. The summed E-state index contributed by atoms with van der Waals surface area (Å²) >= 11 is 0. The molecule has 2 atom stereocenters. The zero-order valence-electron chi connectivity index (χ0n) is 16.9. The Morgan fingerprint density at radius 3 is 1.87 bits per heavy atom. The van der Waals surface area contributed by atoms with Crippen molar-refractivity contribution in [3.63, 3.8) is 0 Å². The van der Waals surface area contributed by atoms with E-state index in [1.54, 1.807) is 30.6 Å². The van der Waals surface area contributed by atoms with Crippen LogP contribution in [0.15, 0.2) is 54.9 Å². The Morgan fingerprint density at radius 2 is 1.37 bits per heavy atom. The standard InChI is InChI=1S/C16H9F2N2.C7H16O2.Ir/c17-13-5-1-11(2-6-13)15-16(20-10-9-19-15)12-3-7-14(18)8-4-12;1-3-6(8)5-7(9)4-2;/h1-3,5-10H;6-9H,3-5H2,1-2H3;/q-1;;. The summed E-state index contributed by atoms with van der Waals surface area (Å²) in [7, 11) is 0. The maximum absolute atomic E-state index is 13.0. The van der Waals surface area contributed by atoms with Crippen LogP contribution in [0.2, 0.25) is 0 Å². The van der Waals surface area contributed by atoms with Gasteiger partial charge in [-0.25, -0.2) is 4.39 Å². The normalized spacial score (nSPS) is 12.2. The number of halogens is 2. The molecule has 1 heterocycles. The van der Waals surface area contributed by atoms with Crippen LogP contribution in [-0.4, -0.2) is 32.4 Å². The minimum atomic E-state index is -0.360. The van der Waals surface area contributed by atoms with Crippen LogP contribution in [0, 0.1) is 17.7 Å². The van der Waals surface area contributed by atoms with E-state index in [-0.39, 0.29) is 43.9 Å². The van der Waals surface area contributed by atoms with Crippen LogP contribution in [-0.2, 0) is 20.1 Å². The molecule has 1 aromatic heterocycles. The van der Waals surface area contributed by atoms with Gasteiger partial charge in [0.1, 0.15) is 5.82 Å². The van der Waals surface area contributed by atoms with Crippen LogP contribution >= 0.6 is 0 Å². The number of benzene rings is 2. The minimum Gasteiger partial charge on any atom is -0.393 e. The second-order valence-corrected chi connectivity index (χ2v) is 6.54. The molecule has 163 valence electrons. The maximum atomic E-state index is 13.0. The molecule has 0 aliphatic carbocycles. The van der Waals surface area contributed by atoms with E-state index in [0.29, 0.717) is 23.4 Å². The van der Waals surface area contributed by atoms with E-state index in [0.717, 1.165) is 18.4 Å². The topological polar surface area (TPSA) is 66.2 Å². The number of aliphatic hydroxyl groups is 2. The first-order valence-electron chi connectivity index (χ1n) is 9.55. The molecule has 0 aliphatic heterocycles. The van der Waals surface area contributed by atoms with Gasteiger partial charge in [-0.05, 0) is 37.0 Å². The van der Waals surface area contributed by atoms with Crippen molar-refractivity contribution >= 4 is 0 Å². The summed E-state index contributed by atoms with van der Waals surface area (Å²) in [4.78, 5) is 8.55. The van der Waals surface area contributed by atoms with E-state index < -0.39 is 0 Å². The Morgan fingerprint density at radius 1 is 0.833 bits per heavy atom. The van der Waals surface area contributed by atoms with Gasteiger partial charge in [-0.2, -0.15) is 0 Å². The average Bonchev–Trinajstić information content (AvgIpc) is 2.75. The van der Waals surface area contributed by atoms with Crippen LogP contribution in [0.25, 0.3) is 22.5 Å². The fourth-order valence-corrected chi connectivity index (χ4v) is 2.55. The van der Waals surface area contributed by atoms with Crippen LogP contribution in [0.3, 0.4) is 0 Å². The molecular formula is C23H25F2IrN2O2-. The number of rotatable bonds is 6. The summed E-state index contributed by atoms with van der Waals surface area (Å²) in [5.41, 5.74) is 2.57. The van der Waals surface area contributed by atoms with Crippen molar-refractivity contribution in [1.29, 1.82) is 0 Å². The molecule has 0 saturated carbocycles. The van der Waals surface area contributed by atoms with Crippen LogP contribution in [0.4, 0.5) is 8.78 Å². The van der Waals surface area contributed by atoms with Crippen molar-refractivity contribution in [1.82, 2.24) is 9.97 Å². The van der Waals surface area contributed by atoms with Crippen LogP contribution in [0.1, 0.15) is 33.1 Å². The second-order valence-electron chi connectivity index (χ2n) is 6.54. The number of nitrogens with zero attached hydrogens (tertiary/aromatic N) is 2. The molecule has 0 amide bonds. The van der Waals surface area contributed by atoms with Crippen LogP contribution < -0.4 is 0 Å². The molecule has 0 saturated heterocycles. The minimum absolute atomic E-state index is 0. The van der Waals surface area contributed by atoms with Gasteiger partial charge in [0.05, 0.1) is 17.9 Å². The first-order chi connectivity index (χ1) is 13.9. The largest absolute Gasteiger partial charge is 0.393 e. The molecule has 3 aromatic rings. The summed E-state index contributed by atoms with van der Waals surface area (Å²) < 4.78 is 25.9. The third-order valence-electron chi connectivity index (χ3n) is 4.33. The summed E-state index contributed by atoms with van der Waals surface area (Å²) in [5.74, 6) is -0.673. The van der Waals surface area contributed by atoms with Gasteiger partial charge in [-0.1, -0.05) is 26.0 Å². The van der Waals surface area contributed by atoms with Crippen molar-refractivity contribution in [2.24, 2.45) is 0 Å². The Kier molecular flexibility index (Phi) is 11.5. The molecule has 4 nitrogen and oxygen atoms in total. The fourth-order valence-electron chi connectivity index (χ4n) is 2.55. The number of aromatic nitrogens is 2. The van der Waals surface area contributed by atoms with Gasteiger partial charge in [-0.3, -0.25) is 9.37 Å². The molecule has 0 spiro atoms. The van der Waals surface area contributed by atoms with Crippen molar-refractivity contribution in [3.8, 4) is 22.5 Å². The van der Waals surface area contributed by atoms with Gasteiger partial charge in [-0.15, -0.1) is 29.8 Å². The monoisotopic (exact) mass is 592 g/mol. The first-order valence-corrected chi connectivity index (χ1v) is 9.55. The fraction of sp³-hybridized carbons (Fsp3) is 0.304. The van der Waals surface area contributed by atoms with Crippen LogP contribution in [0.5, 0.6) is 0 Å². The predicted octanol–water partition coefficient (Wildman–Crippen LogP) is 4.80. The summed E-state index contributed by atoms with van der Waals surface area (Å²) in [5, 5.41) is 18.0. The van der Waals surface area contributed by atoms with E-state index in [4.69, 9.17) is 10.2 Å². The zero-order valence-corrected chi connectivity index (χ0v) is 19.2. The Balaban J connectivity index is 0.000000387. The second kappa shape index (κ2) is 13.3. The summed E-state index contributed by atoms with van der Waals surface area (Å²) in [6.45, 7) is 3.82. The quantitative estimate of drug-likeness (QED) is 0.404. The smallest absolute Gasteiger partial charge is 0.123 e. The van der Waals surface area contributed by atoms with E-state index in [9.17, 15) is 8.78 Å². The maximum Gasteiger partial charge on any atom is 0.123 e. The molecule has 0 fully saturated rings. The van der Waals surface area contributed by atoms with Gasteiger partial charge >= 0.3 is 0 Å². The molecule has 1 radical (unpaired) electrons. The number of hydrogen-bond acceptors (Lipinski definition) is 4. The average molecular weight is 592 g/mol. The van der Waals surface area contributed by atoms with Gasteiger partial charge in [0, 0.05) is 44.0 Å². The van der Waals surface area contributed by atoms with E-state index in [1.165, 1.54) is 24.3 Å². The molecule has 30 heavy (non-hydrogen) atoms. The van der Waals surface area contributed by atoms with Gasteiger partial charge < -0.3 is 15.2 Å². The third kappa shape index (κ3) is 7.99. The van der Waals surface area contributed by atoms with Gasteiger partial charge in [0.15, 0.2) is 0 Å². The number of hydrogen-bond donors (Lipinski definition) is 2. The van der Waals surface area contributed by atoms with Crippen molar-refractivity contribution < 1.29 is 39.1 Å². The van der Waals surface area contributed by atoms with E-state index >= 15 is 0 Å². The molecule has 2 aromatic carbocycles. The van der Waals surface area contributed by atoms with Crippen molar-refractivity contribution in [2.45, 2.75) is 45.3 Å².